The molecular formula is C17H12F3N3O. The SMILES string of the molecule is O=C(NCc1ccc(C(F)(F)F)cc1)c1cnc2ccccc2n1. The molecule has 2 aromatic carbocycles. The van der Waals surface area contributed by atoms with E-state index in [4.69, 9.17) is 0 Å². The Hall–Kier alpha value is -2.96. The largest absolute Gasteiger partial charge is 0.416 e. The lowest BCUT2D eigenvalue weighted by Crippen LogP contribution is -2.24. The van der Waals surface area contributed by atoms with Gasteiger partial charge in [-0.05, 0) is 29.8 Å². The average molecular weight is 331 g/mol. The zero-order valence-corrected chi connectivity index (χ0v) is 12.3. The van der Waals surface area contributed by atoms with Gasteiger partial charge in [-0.1, -0.05) is 24.3 Å². The van der Waals surface area contributed by atoms with Crippen LogP contribution in [0.5, 0.6) is 0 Å². The molecule has 1 aromatic heterocycles. The lowest BCUT2D eigenvalue weighted by molar-refractivity contribution is -0.137. The molecule has 1 heterocycles. The van der Waals surface area contributed by atoms with Gasteiger partial charge in [0.2, 0.25) is 0 Å². The molecule has 0 saturated heterocycles. The first-order chi connectivity index (χ1) is 11.4. The number of nitrogens with one attached hydrogen (secondary N) is 1. The molecule has 24 heavy (non-hydrogen) atoms. The number of carbonyl (C=O) groups excluding carboxylic acids is 1. The van der Waals surface area contributed by atoms with E-state index in [1.54, 1.807) is 18.2 Å². The zero-order valence-electron chi connectivity index (χ0n) is 12.3. The summed E-state index contributed by atoms with van der Waals surface area (Å²) < 4.78 is 37.5. The second kappa shape index (κ2) is 6.27. The van der Waals surface area contributed by atoms with Gasteiger partial charge in [-0.15, -0.1) is 0 Å². The summed E-state index contributed by atoms with van der Waals surface area (Å²) in [6.45, 7) is 0.103. The first-order valence-electron chi connectivity index (χ1n) is 7.09. The number of fused-ring (bicyclic) bond motifs is 1. The Morgan fingerprint density at radius 1 is 1.00 bits per heavy atom. The van der Waals surface area contributed by atoms with Crippen molar-refractivity contribution in [2.75, 3.05) is 0 Å². The van der Waals surface area contributed by atoms with E-state index in [9.17, 15) is 18.0 Å². The van der Waals surface area contributed by atoms with Gasteiger partial charge in [0.25, 0.3) is 5.91 Å². The molecular weight excluding hydrogens is 319 g/mol. The molecule has 3 aromatic rings. The number of nitrogens with zero attached hydrogens (tertiary/aromatic N) is 2. The normalized spacial score (nSPS) is 11.5. The lowest BCUT2D eigenvalue weighted by atomic mass is 10.1. The molecule has 7 heteroatoms. The summed E-state index contributed by atoms with van der Waals surface area (Å²) in [4.78, 5) is 20.5. The Bertz CT molecular complexity index is 876. The Morgan fingerprint density at radius 3 is 2.33 bits per heavy atom. The molecule has 0 unspecified atom stereocenters. The van der Waals surface area contributed by atoms with Crippen molar-refractivity contribution in [3.8, 4) is 0 Å². The van der Waals surface area contributed by atoms with Crippen LogP contribution in [0.25, 0.3) is 11.0 Å². The Balaban J connectivity index is 1.68. The Kier molecular flexibility index (Phi) is 4.16. The van der Waals surface area contributed by atoms with Gasteiger partial charge in [0.15, 0.2) is 0 Å². The number of rotatable bonds is 3. The summed E-state index contributed by atoms with van der Waals surface area (Å²) in [7, 11) is 0. The summed E-state index contributed by atoms with van der Waals surface area (Å²) >= 11 is 0. The van der Waals surface area contributed by atoms with Crippen LogP contribution in [0.1, 0.15) is 21.6 Å². The predicted octanol–water partition coefficient (Wildman–Crippen LogP) is 3.58. The minimum Gasteiger partial charge on any atom is -0.347 e. The third-order valence-corrected chi connectivity index (χ3v) is 3.42. The molecule has 3 rings (SSSR count). The monoisotopic (exact) mass is 331 g/mol. The van der Waals surface area contributed by atoms with Crippen LogP contribution in [0.15, 0.2) is 54.7 Å². The van der Waals surface area contributed by atoms with E-state index < -0.39 is 17.6 Å². The Labute approximate surface area is 135 Å². The van der Waals surface area contributed by atoms with Crippen LogP contribution in [0.3, 0.4) is 0 Å². The fourth-order valence-electron chi connectivity index (χ4n) is 2.15. The summed E-state index contributed by atoms with van der Waals surface area (Å²) in [5.41, 5.74) is 1.26. The standard InChI is InChI=1S/C17H12F3N3O/c18-17(19,20)12-7-5-11(6-8-12)9-22-16(24)15-10-21-13-3-1-2-4-14(13)23-15/h1-8,10H,9H2,(H,22,24). The minimum absolute atomic E-state index is 0.103. The highest BCUT2D eigenvalue weighted by molar-refractivity contribution is 5.93. The fraction of sp³-hybridized carbons (Fsp3) is 0.118. The quantitative estimate of drug-likeness (QED) is 0.798. The number of carbonyl (C=O) groups is 1. The molecule has 1 amide bonds. The van der Waals surface area contributed by atoms with E-state index in [1.165, 1.54) is 18.3 Å². The Morgan fingerprint density at radius 2 is 1.67 bits per heavy atom. The predicted molar refractivity (Wildman–Crippen MR) is 82.2 cm³/mol. The van der Waals surface area contributed by atoms with Gasteiger partial charge >= 0.3 is 6.18 Å². The van der Waals surface area contributed by atoms with Crippen molar-refractivity contribution in [3.63, 3.8) is 0 Å². The van der Waals surface area contributed by atoms with Crippen molar-refractivity contribution in [2.45, 2.75) is 12.7 Å². The first kappa shape index (κ1) is 15.9. The molecule has 0 fully saturated rings. The molecule has 122 valence electrons. The summed E-state index contributed by atoms with van der Waals surface area (Å²) in [6, 6.07) is 11.8. The maximum atomic E-state index is 12.5. The van der Waals surface area contributed by atoms with Gasteiger partial charge in [0.1, 0.15) is 5.69 Å². The number of hydrogen-bond acceptors (Lipinski definition) is 3. The average Bonchev–Trinajstić information content (AvgIpc) is 2.59. The van der Waals surface area contributed by atoms with Crippen LogP contribution in [-0.2, 0) is 12.7 Å². The number of para-hydroxylation sites is 2. The van der Waals surface area contributed by atoms with Crippen LogP contribution in [0.2, 0.25) is 0 Å². The molecule has 0 atom stereocenters. The number of aromatic nitrogens is 2. The maximum absolute atomic E-state index is 12.5. The van der Waals surface area contributed by atoms with Crippen LogP contribution >= 0.6 is 0 Å². The highest BCUT2D eigenvalue weighted by Gasteiger charge is 2.29. The number of amides is 1. The van der Waals surface area contributed by atoms with Crippen molar-refractivity contribution < 1.29 is 18.0 Å². The van der Waals surface area contributed by atoms with Crippen molar-refractivity contribution in [1.29, 1.82) is 0 Å². The topological polar surface area (TPSA) is 54.9 Å². The molecule has 0 aliphatic rings. The number of benzene rings is 2. The molecule has 0 saturated carbocycles. The van der Waals surface area contributed by atoms with Crippen molar-refractivity contribution in [2.24, 2.45) is 0 Å². The van der Waals surface area contributed by atoms with E-state index in [2.05, 4.69) is 15.3 Å². The van der Waals surface area contributed by atoms with Gasteiger partial charge < -0.3 is 5.32 Å². The van der Waals surface area contributed by atoms with Crippen LogP contribution in [0.4, 0.5) is 13.2 Å². The molecule has 0 aliphatic heterocycles. The van der Waals surface area contributed by atoms with Crippen LogP contribution in [0, 0.1) is 0 Å². The third kappa shape index (κ3) is 3.51. The molecule has 0 aliphatic carbocycles. The van der Waals surface area contributed by atoms with Gasteiger partial charge in [0.05, 0.1) is 22.8 Å². The van der Waals surface area contributed by atoms with Crippen molar-refractivity contribution >= 4 is 16.9 Å². The minimum atomic E-state index is -4.37. The smallest absolute Gasteiger partial charge is 0.347 e. The number of halogens is 3. The van der Waals surface area contributed by atoms with Gasteiger partial charge in [-0.3, -0.25) is 9.78 Å². The third-order valence-electron chi connectivity index (χ3n) is 3.42. The lowest BCUT2D eigenvalue weighted by Gasteiger charge is -2.08. The second-order valence-electron chi connectivity index (χ2n) is 5.12. The van der Waals surface area contributed by atoms with E-state index >= 15 is 0 Å². The summed E-state index contributed by atoms with van der Waals surface area (Å²) in [5.74, 6) is -0.437. The van der Waals surface area contributed by atoms with Gasteiger partial charge in [0, 0.05) is 6.54 Å². The molecule has 0 radical (unpaired) electrons. The van der Waals surface area contributed by atoms with Crippen LogP contribution in [-0.4, -0.2) is 15.9 Å². The summed E-state index contributed by atoms with van der Waals surface area (Å²) in [6.07, 6.45) is -3.01. The van der Waals surface area contributed by atoms with Gasteiger partial charge in [-0.25, -0.2) is 4.98 Å². The van der Waals surface area contributed by atoms with E-state index in [-0.39, 0.29) is 12.2 Å². The maximum Gasteiger partial charge on any atom is 0.416 e. The van der Waals surface area contributed by atoms with Crippen LogP contribution < -0.4 is 5.32 Å². The zero-order chi connectivity index (χ0) is 17.2. The number of alkyl halides is 3. The molecule has 1 N–H and O–H groups in total. The fourth-order valence-corrected chi connectivity index (χ4v) is 2.15. The second-order valence-corrected chi connectivity index (χ2v) is 5.12. The van der Waals surface area contributed by atoms with Gasteiger partial charge in [-0.2, -0.15) is 13.2 Å². The van der Waals surface area contributed by atoms with Crippen molar-refractivity contribution in [3.05, 3.63) is 71.5 Å². The molecule has 4 nitrogen and oxygen atoms in total. The molecule has 0 bridgehead atoms. The first-order valence-corrected chi connectivity index (χ1v) is 7.09. The van der Waals surface area contributed by atoms with E-state index in [0.717, 1.165) is 12.1 Å². The van der Waals surface area contributed by atoms with E-state index in [0.29, 0.717) is 16.6 Å². The number of hydrogen-bond donors (Lipinski definition) is 1. The van der Waals surface area contributed by atoms with E-state index in [1.807, 2.05) is 6.07 Å². The molecule has 0 spiro atoms. The van der Waals surface area contributed by atoms with Crippen molar-refractivity contribution in [1.82, 2.24) is 15.3 Å². The highest BCUT2D eigenvalue weighted by Crippen LogP contribution is 2.29. The summed E-state index contributed by atoms with van der Waals surface area (Å²) in [5, 5.41) is 2.62. The highest BCUT2D eigenvalue weighted by atomic mass is 19.4.